The lowest BCUT2D eigenvalue weighted by Gasteiger charge is -2.45. The molecule has 48 heavy (non-hydrogen) atoms. The average Bonchev–Trinajstić information content (AvgIpc) is 3.83. The molecule has 6 rings (SSSR count). The van der Waals surface area contributed by atoms with Crippen molar-refractivity contribution in [3.8, 4) is 6.07 Å². The molecule has 3 heterocycles. The molecule has 1 amide bonds. The van der Waals surface area contributed by atoms with Gasteiger partial charge in [0.2, 0.25) is 5.72 Å². The quantitative estimate of drug-likeness (QED) is 0.143. The summed E-state index contributed by atoms with van der Waals surface area (Å²) in [5, 5.41) is 21.9. The molecular formula is C37H36ClFN4O5. The van der Waals surface area contributed by atoms with Gasteiger partial charge in [-0.1, -0.05) is 48.9 Å². The molecule has 4 aromatic rings. The summed E-state index contributed by atoms with van der Waals surface area (Å²) in [7, 11) is 1.78. The van der Waals surface area contributed by atoms with Crippen molar-refractivity contribution in [2.45, 2.75) is 43.2 Å². The molecule has 0 spiro atoms. The van der Waals surface area contributed by atoms with Crippen molar-refractivity contribution in [2.24, 2.45) is 7.05 Å². The topological polar surface area (TPSA) is 110 Å². The first-order valence-corrected chi connectivity index (χ1v) is 16.1. The summed E-state index contributed by atoms with van der Waals surface area (Å²) in [5.41, 5.74) is -1.40. The summed E-state index contributed by atoms with van der Waals surface area (Å²) in [6.07, 6.45) is 5.03. The Morgan fingerprint density at radius 2 is 2.02 bits per heavy atom. The monoisotopic (exact) mass is 670 g/mol. The number of carbonyl (C=O) groups is 1. The van der Waals surface area contributed by atoms with Crippen LogP contribution >= 0.6 is 11.6 Å². The zero-order chi connectivity index (χ0) is 34.1. The smallest absolute Gasteiger partial charge is 0.257 e. The van der Waals surface area contributed by atoms with E-state index >= 15 is 9.18 Å². The van der Waals surface area contributed by atoms with Gasteiger partial charge in [-0.3, -0.25) is 9.69 Å². The second-order valence-electron chi connectivity index (χ2n) is 12.0. The van der Waals surface area contributed by atoms with Gasteiger partial charge in [0.05, 0.1) is 66.7 Å². The maximum Gasteiger partial charge on any atom is 0.257 e. The van der Waals surface area contributed by atoms with E-state index in [-0.39, 0.29) is 42.9 Å². The van der Waals surface area contributed by atoms with Crippen molar-refractivity contribution in [2.75, 3.05) is 26.4 Å². The maximum atomic E-state index is 17.2. The molecule has 0 bridgehead atoms. The number of imidazole rings is 1. The Morgan fingerprint density at radius 3 is 2.62 bits per heavy atom. The lowest BCUT2D eigenvalue weighted by molar-refractivity contribution is -0.163. The average molecular weight is 671 g/mol. The van der Waals surface area contributed by atoms with E-state index in [9.17, 15) is 10.4 Å². The first-order chi connectivity index (χ1) is 23.2. The molecular weight excluding hydrogens is 635 g/mol. The minimum atomic E-state index is -1.80. The van der Waals surface area contributed by atoms with Gasteiger partial charge in [-0.15, -0.1) is 6.58 Å². The molecule has 1 N–H and O–H groups in total. The number of fused-ring (bicyclic) bond motifs is 1. The first kappa shape index (κ1) is 33.5. The summed E-state index contributed by atoms with van der Waals surface area (Å²) in [6.45, 7) is 6.41. The zero-order valence-electron chi connectivity index (χ0n) is 26.7. The Morgan fingerprint density at radius 1 is 1.27 bits per heavy atom. The molecule has 1 saturated heterocycles. The number of carbonyl (C=O) groups excluding carboxylic acids is 1. The van der Waals surface area contributed by atoms with Crippen LogP contribution in [0.5, 0.6) is 0 Å². The third kappa shape index (κ3) is 5.82. The highest BCUT2D eigenvalue weighted by atomic mass is 35.5. The lowest BCUT2D eigenvalue weighted by atomic mass is 9.84. The number of nitrogens with zero attached hydrogens (tertiary/aromatic N) is 4. The van der Waals surface area contributed by atoms with Crippen LogP contribution in [0.1, 0.15) is 69.7 Å². The predicted octanol–water partition coefficient (Wildman–Crippen LogP) is 6.14. The number of halogens is 2. The van der Waals surface area contributed by atoms with Gasteiger partial charge in [0, 0.05) is 30.4 Å². The summed E-state index contributed by atoms with van der Waals surface area (Å²) in [5.74, 6) is -1.27. The van der Waals surface area contributed by atoms with Gasteiger partial charge in [0.15, 0.2) is 0 Å². The van der Waals surface area contributed by atoms with E-state index in [1.807, 2.05) is 0 Å². The van der Waals surface area contributed by atoms with E-state index in [0.29, 0.717) is 40.4 Å². The minimum absolute atomic E-state index is 0.00117. The predicted molar refractivity (Wildman–Crippen MR) is 177 cm³/mol. The minimum Gasteiger partial charge on any atom is -0.379 e. The molecule has 9 nitrogen and oxygen atoms in total. The Balaban J connectivity index is 1.63. The van der Waals surface area contributed by atoms with E-state index in [4.69, 9.17) is 25.8 Å². The Bertz CT molecular complexity index is 1850. The number of aromatic nitrogens is 2. The van der Waals surface area contributed by atoms with Gasteiger partial charge in [-0.2, -0.15) is 5.26 Å². The SMILES string of the molecule is C=CCOCC(c1ccc(C#N)cc1)N1C(=O)c2cc(C(O)(CC)c3cn(C)cn3)cc(F)c2[C@]1(O[C@H]1CCOC1)c1ccc(Cl)cc1. The van der Waals surface area contributed by atoms with Crippen LogP contribution in [0, 0.1) is 17.1 Å². The van der Waals surface area contributed by atoms with E-state index < -0.39 is 35.2 Å². The van der Waals surface area contributed by atoms with Crippen LogP contribution in [0.4, 0.5) is 4.39 Å². The fraction of sp³-hybridized carbons (Fsp3) is 0.324. The second kappa shape index (κ2) is 13.6. The summed E-state index contributed by atoms with van der Waals surface area (Å²) in [6, 6.07) is 17.7. The maximum absolute atomic E-state index is 17.2. The number of hydrogen-bond donors (Lipinski definition) is 1. The van der Waals surface area contributed by atoms with Crippen LogP contribution in [0.15, 0.2) is 85.8 Å². The van der Waals surface area contributed by atoms with Gasteiger partial charge in [0.25, 0.3) is 5.91 Å². The molecule has 11 heteroatoms. The number of ether oxygens (including phenoxy) is 3. The molecule has 0 aliphatic carbocycles. The molecule has 1 aromatic heterocycles. The van der Waals surface area contributed by atoms with Crippen LogP contribution in [-0.4, -0.2) is 58.0 Å². The molecule has 4 atom stereocenters. The number of nitriles is 1. The lowest BCUT2D eigenvalue weighted by Crippen LogP contribution is -2.52. The van der Waals surface area contributed by atoms with Crippen LogP contribution < -0.4 is 0 Å². The molecule has 2 unspecified atom stereocenters. The van der Waals surface area contributed by atoms with Crippen LogP contribution in [0.3, 0.4) is 0 Å². The van der Waals surface area contributed by atoms with Gasteiger partial charge < -0.3 is 23.9 Å². The highest BCUT2D eigenvalue weighted by Gasteiger charge is 2.58. The Labute approximate surface area is 283 Å². The molecule has 3 aromatic carbocycles. The summed E-state index contributed by atoms with van der Waals surface area (Å²) >= 11 is 6.34. The van der Waals surface area contributed by atoms with Crippen molar-refractivity contribution in [1.29, 1.82) is 5.26 Å². The molecule has 248 valence electrons. The van der Waals surface area contributed by atoms with Crippen LogP contribution in [0.25, 0.3) is 0 Å². The first-order valence-electron chi connectivity index (χ1n) is 15.8. The van der Waals surface area contributed by atoms with Crippen LogP contribution in [0.2, 0.25) is 5.02 Å². The number of aliphatic hydroxyl groups is 1. The molecule has 1 fully saturated rings. The van der Waals surface area contributed by atoms with Crippen molar-refractivity contribution in [3.63, 3.8) is 0 Å². The van der Waals surface area contributed by atoms with Gasteiger partial charge in [-0.05, 0) is 60.4 Å². The fourth-order valence-corrected chi connectivity index (χ4v) is 6.75. The molecule has 0 radical (unpaired) electrons. The third-order valence-electron chi connectivity index (χ3n) is 9.04. The highest BCUT2D eigenvalue weighted by Crippen LogP contribution is 2.52. The summed E-state index contributed by atoms with van der Waals surface area (Å²) in [4.78, 5) is 20.9. The number of hydrogen-bond acceptors (Lipinski definition) is 7. The number of aryl methyl sites for hydroxylation is 1. The molecule has 2 aliphatic rings. The van der Waals surface area contributed by atoms with Gasteiger partial charge in [-0.25, -0.2) is 9.37 Å². The number of rotatable bonds is 12. The number of amides is 1. The van der Waals surface area contributed by atoms with Crippen LogP contribution in [-0.2, 0) is 32.6 Å². The van der Waals surface area contributed by atoms with Gasteiger partial charge >= 0.3 is 0 Å². The van der Waals surface area contributed by atoms with Crippen molar-refractivity contribution >= 4 is 17.5 Å². The van der Waals surface area contributed by atoms with E-state index in [1.165, 1.54) is 11.0 Å². The van der Waals surface area contributed by atoms with Crippen molar-refractivity contribution in [3.05, 3.63) is 136 Å². The third-order valence-corrected chi connectivity index (χ3v) is 9.30. The Hall–Kier alpha value is -4.37. The van der Waals surface area contributed by atoms with E-state index in [2.05, 4.69) is 17.6 Å². The van der Waals surface area contributed by atoms with Crippen molar-refractivity contribution in [1.82, 2.24) is 14.5 Å². The highest BCUT2D eigenvalue weighted by molar-refractivity contribution is 6.30. The second-order valence-corrected chi connectivity index (χ2v) is 12.5. The number of benzene rings is 3. The molecule has 0 saturated carbocycles. The zero-order valence-corrected chi connectivity index (χ0v) is 27.5. The van der Waals surface area contributed by atoms with Crippen molar-refractivity contribution < 1.29 is 28.5 Å². The normalized spacial score (nSPS) is 20.7. The fourth-order valence-electron chi connectivity index (χ4n) is 6.62. The standard InChI is InChI=1S/C37H36ClFN4O5/c1-4-15-46-22-32(25-8-6-24(19-40)7-9-25)43-35(44)30-17-27(36(45,5-2)33-20-42(3)23-41-33)18-31(39)34(30)37(43,48-29-14-16-47-21-29)26-10-12-28(38)13-11-26/h4,6-13,17-18,20,23,29,32,45H,1,5,14-16,21-22H2,2-3H3/t29-,32?,36?,37+/m0/s1. The van der Waals surface area contributed by atoms with Gasteiger partial charge in [0.1, 0.15) is 11.4 Å². The van der Waals surface area contributed by atoms with E-state index in [0.717, 1.165) is 0 Å². The Kier molecular flexibility index (Phi) is 9.52. The molecule has 2 aliphatic heterocycles. The summed E-state index contributed by atoms with van der Waals surface area (Å²) < 4.78 is 37.5. The van der Waals surface area contributed by atoms with E-state index in [1.54, 1.807) is 91.7 Å². The largest absolute Gasteiger partial charge is 0.379 e.